The number of nitrogens with zero attached hydrogens (tertiary/aromatic N) is 2. The number of alkyl carbamates (subject to hydrolysis) is 1. The van der Waals surface area contributed by atoms with Gasteiger partial charge in [-0.05, 0) is 70.7 Å². The minimum absolute atomic E-state index is 0.0265. The maximum absolute atomic E-state index is 15.9. The molecule has 2 amide bonds. The third-order valence-corrected chi connectivity index (χ3v) is 8.04. The van der Waals surface area contributed by atoms with Gasteiger partial charge in [0.1, 0.15) is 11.4 Å². The van der Waals surface area contributed by atoms with Crippen LogP contribution in [-0.4, -0.2) is 39.7 Å². The van der Waals surface area contributed by atoms with Crippen molar-refractivity contribution >= 4 is 29.3 Å². The SMILES string of the molecule is CC(C)(C)OC(=O)N[C@H]1CCCC[C@H]1Nc1nc(Nc2cncc(-c3ccccc3)c2)c(C(=O)NC(C)(C)c2ccccc2)cc1F. The zero-order valence-electron chi connectivity index (χ0n) is 27.6. The summed E-state index contributed by atoms with van der Waals surface area (Å²) < 4.78 is 21.4. The summed E-state index contributed by atoms with van der Waals surface area (Å²) in [5, 5.41) is 12.5. The van der Waals surface area contributed by atoms with E-state index in [0.717, 1.165) is 29.5 Å². The zero-order chi connectivity index (χ0) is 33.6. The molecule has 4 N–H and O–H groups in total. The van der Waals surface area contributed by atoms with Crippen molar-refractivity contribution in [2.45, 2.75) is 83.5 Å². The second kappa shape index (κ2) is 14.2. The Balaban J connectivity index is 1.46. The standard InChI is InChI=1S/C37H43FN6O3/c1-36(2,3)47-35(46)42-31-19-13-12-18-30(31)41-33-29(38)21-28(34(45)44-37(4,5)26-16-10-7-11-17-26)32(43-33)40-27-20-25(22-39-23-27)24-14-8-6-9-15-24/h6-11,14-17,20-23,30-31H,12-13,18-19H2,1-5H3,(H,42,46)(H,44,45)(H2,40,41,43)/t30-,31+/m1/s1. The number of rotatable bonds is 9. The van der Waals surface area contributed by atoms with Gasteiger partial charge in [-0.1, -0.05) is 73.5 Å². The van der Waals surface area contributed by atoms with Crippen molar-refractivity contribution < 1.29 is 18.7 Å². The van der Waals surface area contributed by atoms with Crippen molar-refractivity contribution in [2.75, 3.05) is 10.6 Å². The van der Waals surface area contributed by atoms with Gasteiger partial charge in [-0.2, -0.15) is 0 Å². The van der Waals surface area contributed by atoms with Gasteiger partial charge < -0.3 is 26.0 Å². The number of carbonyl (C=O) groups excluding carboxylic acids is 2. The maximum atomic E-state index is 15.9. The number of hydrogen-bond acceptors (Lipinski definition) is 7. The first-order valence-corrected chi connectivity index (χ1v) is 16.0. The number of amides is 2. The molecule has 1 saturated carbocycles. The first-order chi connectivity index (χ1) is 22.4. The number of carbonyl (C=O) groups is 2. The van der Waals surface area contributed by atoms with Gasteiger partial charge in [0, 0.05) is 17.8 Å². The molecule has 0 saturated heterocycles. The highest BCUT2D eigenvalue weighted by molar-refractivity contribution is 6.00. The normalized spacial score (nSPS) is 16.6. The first-order valence-electron chi connectivity index (χ1n) is 16.0. The molecule has 4 aromatic rings. The third-order valence-electron chi connectivity index (χ3n) is 8.04. The summed E-state index contributed by atoms with van der Waals surface area (Å²) in [6, 6.07) is 21.9. The van der Waals surface area contributed by atoms with E-state index >= 15 is 4.39 Å². The Labute approximate surface area is 275 Å². The smallest absolute Gasteiger partial charge is 0.407 e. The molecule has 246 valence electrons. The quantitative estimate of drug-likeness (QED) is 0.147. The van der Waals surface area contributed by atoms with Crippen molar-refractivity contribution in [3.8, 4) is 11.1 Å². The number of halogens is 1. The average Bonchev–Trinajstić information content (AvgIpc) is 3.03. The van der Waals surface area contributed by atoms with Crippen LogP contribution in [0.25, 0.3) is 11.1 Å². The number of benzene rings is 2. The summed E-state index contributed by atoms with van der Waals surface area (Å²) in [6.07, 6.45) is 6.08. The number of nitrogens with one attached hydrogen (secondary N) is 4. The monoisotopic (exact) mass is 638 g/mol. The van der Waals surface area contributed by atoms with Crippen LogP contribution in [0.3, 0.4) is 0 Å². The van der Waals surface area contributed by atoms with Crippen LogP contribution in [0, 0.1) is 5.82 Å². The molecular formula is C37H43FN6O3. The van der Waals surface area contributed by atoms with Gasteiger partial charge in [-0.3, -0.25) is 9.78 Å². The third kappa shape index (κ3) is 8.84. The molecule has 5 rings (SSSR count). The molecule has 2 heterocycles. The van der Waals surface area contributed by atoms with Crippen LogP contribution in [0.1, 0.15) is 76.2 Å². The van der Waals surface area contributed by atoms with E-state index in [2.05, 4.69) is 31.2 Å². The molecule has 2 aromatic carbocycles. The minimum atomic E-state index is -0.750. The van der Waals surface area contributed by atoms with Crippen LogP contribution in [0.2, 0.25) is 0 Å². The Morgan fingerprint density at radius 3 is 2.17 bits per heavy atom. The van der Waals surface area contributed by atoms with Gasteiger partial charge in [0.05, 0.1) is 29.0 Å². The van der Waals surface area contributed by atoms with Crippen LogP contribution in [0.15, 0.2) is 85.2 Å². The lowest BCUT2D eigenvalue weighted by molar-refractivity contribution is 0.0488. The van der Waals surface area contributed by atoms with E-state index in [1.54, 1.807) is 33.2 Å². The summed E-state index contributed by atoms with van der Waals surface area (Å²) >= 11 is 0. The van der Waals surface area contributed by atoms with Crippen LogP contribution < -0.4 is 21.3 Å². The second-order valence-corrected chi connectivity index (χ2v) is 13.4. The highest BCUT2D eigenvalue weighted by Gasteiger charge is 2.31. The van der Waals surface area contributed by atoms with E-state index in [9.17, 15) is 9.59 Å². The predicted octanol–water partition coefficient (Wildman–Crippen LogP) is 7.94. The van der Waals surface area contributed by atoms with Gasteiger partial charge in [-0.15, -0.1) is 0 Å². The van der Waals surface area contributed by atoms with Crippen LogP contribution in [0.5, 0.6) is 0 Å². The molecule has 0 unspecified atom stereocenters. The van der Waals surface area contributed by atoms with Gasteiger partial charge >= 0.3 is 6.09 Å². The highest BCUT2D eigenvalue weighted by Crippen LogP contribution is 2.30. The summed E-state index contributed by atoms with van der Waals surface area (Å²) in [4.78, 5) is 35.4. The maximum Gasteiger partial charge on any atom is 0.407 e. The molecule has 47 heavy (non-hydrogen) atoms. The van der Waals surface area contributed by atoms with Crippen molar-refractivity contribution in [2.24, 2.45) is 0 Å². The Bertz CT molecular complexity index is 1690. The predicted molar refractivity (Wildman–Crippen MR) is 183 cm³/mol. The Morgan fingerprint density at radius 2 is 1.49 bits per heavy atom. The van der Waals surface area contributed by atoms with E-state index in [1.807, 2.05) is 80.6 Å². The van der Waals surface area contributed by atoms with Gasteiger partial charge in [0.15, 0.2) is 11.6 Å². The molecule has 1 aliphatic carbocycles. The molecule has 2 atom stereocenters. The van der Waals surface area contributed by atoms with Crippen molar-refractivity contribution in [3.05, 3.63) is 102 Å². The fourth-order valence-corrected chi connectivity index (χ4v) is 5.68. The number of hydrogen-bond donors (Lipinski definition) is 4. The second-order valence-electron chi connectivity index (χ2n) is 13.4. The zero-order valence-corrected chi connectivity index (χ0v) is 27.6. The van der Waals surface area contributed by atoms with E-state index in [4.69, 9.17) is 4.74 Å². The van der Waals surface area contributed by atoms with Crippen LogP contribution in [0.4, 0.5) is 26.5 Å². The number of aromatic nitrogens is 2. The lowest BCUT2D eigenvalue weighted by atomic mass is 9.90. The van der Waals surface area contributed by atoms with E-state index in [0.29, 0.717) is 18.5 Å². The Morgan fingerprint density at radius 1 is 0.830 bits per heavy atom. The molecule has 0 aliphatic heterocycles. The highest BCUT2D eigenvalue weighted by atomic mass is 19.1. The number of ether oxygens (including phenoxy) is 1. The minimum Gasteiger partial charge on any atom is -0.444 e. The van der Waals surface area contributed by atoms with Gasteiger partial charge in [0.2, 0.25) is 0 Å². The molecule has 9 nitrogen and oxygen atoms in total. The van der Waals surface area contributed by atoms with Crippen LogP contribution in [-0.2, 0) is 10.3 Å². The van der Waals surface area contributed by atoms with Gasteiger partial charge in [0.25, 0.3) is 5.91 Å². The molecule has 0 radical (unpaired) electrons. The lowest BCUT2D eigenvalue weighted by Gasteiger charge is -2.34. The fourth-order valence-electron chi connectivity index (χ4n) is 5.68. The Hall–Kier alpha value is -4.99. The molecule has 2 aromatic heterocycles. The van der Waals surface area contributed by atoms with Crippen molar-refractivity contribution in [1.82, 2.24) is 20.6 Å². The topological polar surface area (TPSA) is 117 Å². The summed E-state index contributed by atoms with van der Waals surface area (Å²) in [7, 11) is 0. The molecular weight excluding hydrogens is 595 g/mol. The molecule has 0 spiro atoms. The molecule has 0 bridgehead atoms. The lowest BCUT2D eigenvalue weighted by Crippen LogP contribution is -2.50. The largest absolute Gasteiger partial charge is 0.444 e. The summed E-state index contributed by atoms with van der Waals surface area (Å²) in [5.74, 6) is -1.04. The van der Waals surface area contributed by atoms with Crippen molar-refractivity contribution in [1.29, 1.82) is 0 Å². The molecule has 1 aliphatic rings. The van der Waals surface area contributed by atoms with Crippen molar-refractivity contribution in [3.63, 3.8) is 0 Å². The van der Waals surface area contributed by atoms with E-state index in [-0.39, 0.29) is 29.3 Å². The number of anilines is 3. The summed E-state index contributed by atoms with van der Waals surface area (Å²) in [5.41, 5.74) is 1.96. The van der Waals surface area contributed by atoms with Crippen LogP contribution >= 0.6 is 0 Å². The van der Waals surface area contributed by atoms with E-state index < -0.39 is 29.0 Å². The molecule has 1 fully saturated rings. The fraction of sp³-hybridized carbons (Fsp3) is 0.351. The van der Waals surface area contributed by atoms with Gasteiger partial charge in [-0.25, -0.2) is 14.2 Å². The Kier molecular flexibility index (Phi) is 10.1. The number of pyridine rings is 2. The summed E-state index contributed by atoms with van der Waals surface area (Å²) in [6.45, 7) is 9.20. The van der Waals surface area contributed by atoms with E-state index in [1.165, 1.54) is 6.07 Å². The molecule has 10 heteroatoms. The first kappa shape index (κ1) is 33.4. The average molecular weight is 639 g/mol.